The third-order valence-corrected chi connectivity index (χ3v) is 1.79. The van der Waals surface area contributed by atoms with Crippen molar-refractivity contribution in [1.82, 2.24) is 10.3 Å². The Kier molecular flexibility index (Phi) is 4.78. The van der Waals surface area contributed by atoms with Crippen molar-refractivity contribution in [3.63, 3.8) is 0 Å². The Balaban J connectivity index is 2.34. The molecule has 0 aliphatic carbocycles. The molecule has 0 unspecified atom stereocenters. The molecule has 0 spiro atoms. The second-order valence-electron chi connectivity index (χ2n) is 2.85. The van der Waals surface area contributed by atoms with Crippen molar-refractivity contribution >= 4 is 5.82 Å². The van der Waals surface area contributed by atoms with Crippen LogP contribution in [0.4, 0.5) is 5.82 Å². The molecule has 1 aromatic heterocycles. The van der Waals surface area contributed by atoms with E-state index in [4.69, 9.17) is 4.74 Å². The van der Waals surface area contributed by atoms with Gasteiger partial charge in [-0.05, 0) is 12.6 Å². The lowest BCUT2D eigenvalue weighted by molar-refractivity contribution is 0.398. The number of rotatable bonds is 6. The third kappa shape index (κ3) is 3.62. The van der Waals surface area contributed by atoms with Crippen LogP contribution >= 0.6 is 0 Å². The molecule has 0 fully saturated rings. The normalized spacial score (nSPS) is 9.86. The summed E-state index contributed by atoms with van der Waals surface area (Å²) in [5.41, 5.74) is 0. The van der Waals surface area contributed by atoms with Gasteiger partial charge in [0.15, 0.2) is 0 Å². The van der Waals surface area contributed by atoms with Crippen LogP contribution in [0.2, 0.25) is 0 Å². The second-order valence-corrected chi connectivity index (χ2v) is 2.85. The quantitative estimate of drug-likeness (QED) is 0.667. The molecule has 0 bridgehead atoms. The summed E-state index contributed by atoms with van der Waals surface area (Å²) in [5, 5.41) is 6.43. The Morgan fingerprint density at radius 1 is 1.36 bits per heavy atom. The summed E-state index contributed by atoms with van der Waals surface area (Å²) in [5.74, 6) is 1.49. The van der Waals surface area contributed by atoms with Crippen LogP contribution in [-0.4, -0.2) is 31.7 Å². The van der Waals surface area contributed by atoms with Gasteiger partial charge in [0, 0.05) is 19.2 Å². The maximum absolute atomic E-state index is 5.02. The fourth-order valence-corrected chi connectivity index (χ4v) is 1.08. The zero-order valence-electron chi connectivity index (χ0n) is 8.71. The van der Waals surface area contributed by atoms with Gasteiger partial charge in [0.1, 0.15) is 5.82 Å². The van der Waals surface area contributed by atoms with Crippen LogP contribution in [0.25, 0.3) is 0 Å². The highest BCUT2D eigenvalue weighted by Crippen LogP contribution is 2.09. The first-order chi connectivity index (χ1) is 6.86. The van der Waals surface area contributed by atoms with Crippen molar-refractivity contribution in [2.24, 2.45) is 0 Å². The van der Waals surface area contributed by atoms with Gasteiger partial charge >= 0.3 is 0 Å². The van der Waals surface area contributed by atoms with Gasteiger partial charge in [-0.1, -0.05) is 13.0 Å². The molecule has 0 aliphatic heterocycles. The molecule has 0 amide bonds. The number of hydrogen-bond donors (Lipinski definition) is 2. The minimum absolute atomic E-state index is 0.637. The summed E-state index contributed by atoms with van der Waals surface area (Å²) in [6.07, 6.45) is 0. The standard InChI is InChI=1S/C10H17N3O/c1-3-11-7-8-12-9-5-4-6-10(13-9)14-2/h4-6,11H,3,7-8H2,1-2H3,(H,12,13). The fraction of sp³-hybridized carbons (Fsp3) is 0.500. The van der Waals surface area contributed by atoms with Gasteiger partial charge < -0.3 is 15.4 Å². The molecule has 14 heavy (non-hydrogen) atoms. The van der Waals surface area contributed by atoms with Gasteiger partial charge in [-0.2, -0.15) is 4.98 Å². The summed E-state index contributed by atoms with van der Waals surface area (Å²) < 4.78 is 5.02. The molecule has 0 atom stereocenters. The van der Waals surface area contributed by atoms with E-state index in [1.807, 2.05) is 18.2 Å². The maximum atomic E-state index is 5.02. The minimum Gasteiger partial charge on any atom is -0.481 e. The second kappa shape index (κ2) is 6.21. The zero-order chi connectivity index (χ0) is 10.2. The Bertz CT molecular complexity index is 265. The summed E-state index contributed by atoms with van der Waals surface area (Å²) >= 11 is 0. The number of hydrogen-bond acceptors (Lipinski definition) is 4. The highest BCUT2D eigenvalue weighted by Gasteiger charge is 1.95. The number of anilines is 1. The molecule has 0 aromatic carbocycles. The lowest BCUT2D eigenvalue weighted by Gasteiger charge is -2.06. The number of likely N-dealkylation sites (N-methyl/N-ethyl adjacent to an activating group) is 1. The Hall–Kier alpha value is -1.29. The highest BCUT2D eigenvalue weighted by molar-refractivity contribution is 5.36. The van der Waals surface area contributed by atoms with Crippen LogP contribution < -0.4 is 15.4 Å². The van der Waals surface area contributed by atoms with Crippen molar-refractivity contribution in [3.05, 3.63) is 18.2 Å². The smallest absolute Gasteiger partial charge is 0.214 e. The first kappa shape index (κ1) is 10.8. The number of aromatic nitrogens is 1. The average Bonchev–Trinajstić information content (AvgIpc) is 2.25. The van der Waals surface area contributed by atoms with Crippen LogP contribution in [0, 0.1) is 0 Å². The fourth-order valence-electron chi connectivity index (χ4n) is 1.08. The van der Waals surface area contributed by atoms with E-state index in [9.17, 15) is 0 Å². The van der Waals surface area contributed by atoms with E-state index in [-0.39, 0.29) is 0 Å². The van der Waals surface area contributed by atoms with Gasteiger partial charge in [-0.3, -0.25) is 0 Å². The number of methoxy groups -OCH3 is 1. The molecule has 2 N–H and O–H groups in total. The van der Waals surface area contributed by atoms with Gasteiger partial charge in [0.2, 0.25) is 5.88 Å². The molecule has 0 saturated carbocycles. The molecule has 4 heteroatoms. The topological polar surface area (TPSA) is 46.2 Å². The third-order valence-electron chi connectivity index (χ3n) is 1.79. The van der Waals surface area contributed by atoms with E-state index in [1.54, 1.807) is 7.11 Å². The number of ether oxygens (including phenoxy) is 1. The molecule has 1 aromatic rings. The lowest BCUT2D eigenvalue weighted by atomic mass is 10.4. The van der Waals surface area contributed by atoms with Crippen LogP contribution in [0.3, 0.4) is 0 Å². The van der Waals surface area contributed by atoms with Crippen LogP contribution in [-0.2, 0) is 0 Å². The summed E-state index contributed by atoms with van der Waals surface area (Å²) in [6, 6.07) is 5.67. The van der Waals surface area contributed by atoms with Gasteiger partial charge in [-0.25, -0.2) is 0 Å². The predicted molar refractivity (Wildman–Crippen MR) is 57.8 cm³/mol. The SMILES string of the molecule is CCNCCNc1cccc(OC)n1. The lowest BCUT2D eigenvalue weighted by Crippen LogP contribution is -2.21. The molecular formula is C10H17N3O. The number of nitrogens with one attached hydrogen (secondary N) is 2. The molecule has 0 saturated heterocycles. The van der Waals surface area contributed by atoms with Crippen LogP contribution in [0.1, 0.15) is 6.92 Å². The highest BCUT2D eigenvalue weighted by atomic mass is 16.5. The van der Waals surface area contributed by atoms with Crippen molar-refractivity contribution < 1.29 is 4.74 Å². The molecule has 1 rings (SSSR count). The molecular weight excluding hydrogens is 178 g/mol. The zero-order valence-corrected chi connectivity index (χ0v) is 8.71. The monoisotopic (exact) mass is 195 g/mol. The number of pyridine rings is 1. The van der Waals surface area contributed by atoms with E-state index in [2.05, 4.69) is 22.5 Å². The molecule has 0 aliphatic rings. The van der Waals surface area contributed by atoms with Crippen molar-refractivity contribution in [2.75, 3.05) is 32.1 Å². The largest absolute Gasteiger partial charge is 0.481 e. The average molecular weight is 195 g/mol. The number of nitrogens with zero attached hydrogens (tertiary/aromatic N) is 1. The molecule has 1 heterocycles. The molecule has 78 valence electrons. The maximum Gasteiger partial charge on any atom is 0.214 e. The first-order valence-electron chi connectivity index (χ1n) is 4.82. The van der Waals surface area contributed by atoms with Crippen LogP contribution in [0.5, 0.6) is 5.88 Å². The van der Waals surface area contributed by atoms with Crippen molar-refractivity contribution in [3.8, 4) is 5.88 Å². The first-order valence-corrected chi connectivity index (χ1v) is 4.82. The Morgan fingerprint density at radius 2 is 2.21 bits per heavy atom. The van der Waals surface area contributed by atoms with Crippen molar-refractivity contribution in [2.45, 2.75) is 6.92 Å². The van der Waals surface area contributed by atoms with E-state index in [1.165, 1.54) is 0 Å². The summed E-state index contributed by atoms with van der Waals surface area (Å²) in [6.45, 7) is 4.89. The minimum atomic E-state index is 0.637. The van der Waals surface area contributed by atoms with E-state index >= 15 is 0 Å². The van der Waals surface area contributed by atoms with Gasteiger partial charge in [0.05, 0.1) is 7.11 Å². The van der Waals surface area contributed by atoms with E-state index < -0.39 is 0 Å². The Labute approximate surface area is 84.7 Å². The van der Waals surface area contributed by atoms with Crippen LogP contribution in [0.15, 0.2) is 18.2 Å². The molecule has 4 nitrogen and oxygen atoms in total. The molecule has 0 radical (unpaired) electrons. The van der Waals surface area contributed by atoms with Gasteiger partial charge in [-0.15, -0.1) is 0 Å². The van der Waals surface area contributed by atoms with E-state index in [0.717, 1.165) is 25.5 Å². The van der Waals surface area contributed by atoms with Gasteiger partial charge in [0.25, 0.3) is 0 Å². The van der Waals surface area contributed by atoms with E-state index in [0.29, 0.717) is 5.88 Å². The summed E-state index contributed by atoms with van der Waals surface area (Å²) in [7, 11) is 1.62. The van der Waals surface area contributed by atoms with Crippen molar-refractivity contribution in [1.29, 1.82) is 0 Å². The predicted octanol–water partition coefficient (Wildman–Crippen LogP) is 1.11. The Morgan fingerprint density at radius 3 is 2.93 bits per heavy atom. The summed E-state index contributed by atoms with van der Waals surface area (Å²) in [4.78, 5) is 4.23.